The number of unbranched alkanes of at least 4 members (excludes halogenated alkanes) is 5. The van der Waals surface area contributed by atoms with Crippen LogP contribution in [0.3, 0.4) is 0 Å². The fraction of sp³-hybridized carbons (Fsp3) is 0.333. The van der Waals surface area contributed by atoms with Gasteiger partial charge in [-0.05, 0) is 61.7 Å². The highest BCUT2D eigenvalue weighted by Gasteiger charge is 2.11. The molecule has 0 atom stereocenters. The van der Waals surface area contributed by atoms with E-state index in [0.29, 0.717) is 0 Å². The Morgan fingerprint density at radius 3 is 1.75 bits per heavy atom. The van der Waals surface area contributed by atoms with Gasteiger partial charge in [0.15, 0.2) is 0 Å². The van der Waals surface area contributed by atoms with Crippen molar-refractivity contribution in [2.75, 3.05) is 4.90 Å². The van der Waals surface area contributed by atoms with Crippen LogP contribution < -0.4 is 4.90 Å². The predicted molar refractivity (Wildman–Crippen MR) is 123 cm³/mol. The second-order valence-electron chi connectivity index (χ2n) is 7.69. The molecular formula is C27H33N. The third-order valence-electron chi connectivity index (χ3n) is 5.32. The highest BCUT2D eigenvalue weighted by Crippen LogP contribution is 2.34. The van der Waals surface area contributed by atoms with E-state index < -0.39 is 0 Å². The minimum atomic E-state index is 1.18. The molecule has 0 bridgehead atoms. The summed E-state index contributed by atoms with van der Waals surface area (Å²) < 4.78 is 0. The van der Waals surface area contributed by atoms with E-state index in [1.807, 2.05) is 0 Å². The van der Waals surface area contributed by atoms with Crippen LogP contribution in [0.5, 0.6) is 0 Å². The first-order valence-electron chi connectivity index (χ1n) is 10.8. The van der Waals surface area contributed by atoms with Crippen LogP contribution in [0.4, 0.5) is 17.1 Å². The lowest BCUT2D eigenvalue weighted by atomic mass is 10.0. The molecule has 0 radical (unpaired) electrons. The Kier molecular flexibility index (Phi) is 7.72. The Bertz CT molecular complexity index is 803. The van der Waals surface area contributed by atoms with Crippen molar-refractivity contribution < 1.29 is 0 Å². The molecule has 0 fully saturated rings. The lowest BCUT2D eigenvalue weighted by molar-refractivity contribution is 0.607. The van der Waals surface area contributed by atoms with Crippen LogP contribution in [0.1, 0.15) is 56.6 Å². The molecule has 1 heteroatoms. The Morgan fingerprint density at radius 1 is 0.571 bits per heavy atom. The molecule has 0 N–H and O–H groups in total. The maximum atomic E-state index is 2.33. The second kappa shape index (κ2) is 10.7. The van der Waals surface area contributed by atoms with Crippen molar-refractivity contribution in [1.82, 2.24) is 0 Å². The number of para-hydroxylation sites is 1. The monoisotopic (exact) mass is 371 g/mol. The minimum absolute atomic E-state index is 1.18. The molecule has 3 aromatic carbocycles. The quantitative estimate of drug-likeness (QED) is 0.323. The zero-order valence-electron chi connectivity index (χ0n) is 17.4. The van der Waals surface area contributed by atoms with Gasteiger partial charge in [-0.15, -0.1) is 0 Å². The first-order valence-corrected chi connectivity index (χ1v) is 10.8. The standard InChI is InChI=1S/C27H33N/c1-3-4-5-6-7-9-12-24-17-21-27(22-18-24)28(25-13-10-8-11-14-25)26-19-15-23(2)16-20-26/h8,10-11,13-22H,3-7,9,12H2,1-2H3. The first-order chi connectivity index (χ1) is 13.8. The van der Waals surface area contributed by atoms with Crippen molar-refractivity contribution in [3.63, 3.8) is 0 Å². The van der Waals surface area contributed by atoms with Gasteiger partial charge < -0.3 is 4.90 Å². The summed E-state index contributed by atoms with van der Waals surface area (Å²) in [5, 5.41) is 0. The third kappa shape index (κ3) is 5.73. The highest BCUT2D eigenvalue weighted by atomic mass is 15.1. The van der Waals surface area contributed by atoms with Crippen LogP contribution >= 0.6 is 0 Å². The van der Waals surface area contributed by atoms with E-state index in [9.17, 15) is 0 Å². The van der Waals surface area contributed by atoms with E-state index in [-0.39, 0.29) is 0 Å². The molecule has 0 spiro atoms. The molecule has 0 aliphatic carbocycles. The van der Waals surface area contributed by atoms with E-state index in [1.165, 1.54) is 73.1 Å². The smallest absolute Gasteiger partial charge is 0.0461 e. The summed E-state index contributed by atoms with van der Waals surface area (Å²) in [6, 6.07) is 28.5. The number of nitrogens with zero attached hydrogens (tertiary/aromatic N) is 1. The summed E-state index contributed by atoms with van der Waals surface area (Å²) in [6.07, 6.45) is 9.29. The van der Waals surface area contributed by atoms with E-state index >= 15 is 0 Å². The molecule has 146 valence electrons. The normalized spacial score (nSPS) is 10.8. The van der Waals surface area contributed by atoms with Crippen LogP contribution in [0, 0.1) is 6.92 Å². The summed E-state index contributed by atoms with van der Waals surface area (Å²) in [7, 11) is 0. The van der Waals surface area contributed by atoms with Gasteiger partial charge in [0.05, 0.1) is 0 Å². The summed E-state index contributed by atoms with van der Waals surface area (Å²) in [6.45, 7) is 4.41. The largest absolute Gasteiger partial charge is 0.311 e. The zero-order chi connectivity index (χ0) is 19.6. The van der Waals surface area contributed by atoms with Crippen LogP contribution in [0.15, 0.2) is 78.9 Å². The van der Waals surface area contributed by atoms with E-state index in [0.717, 1.165) is 0 Å². The Balaban J connectivity index is 1.71. The van der Waals surface area contributed by atoms with E-state index in [4.69, 9.17) is 0 Å². The molecule has 0 aliphatic heterocycles. The Morgan fingerprint density at radius 2 is 1.11 bits per heavy atom. The van der Waals surface area contributed by atoms with E-state index in [1.54, 1.807) is 0 Å². The number of aryl methyl sites for hydroxylation is 2. The first kappa shape index (κ1) is 20.2. The molecule has 0 heterocycles. The van der Waals surface area contributed by atoms with Crippen molar-refractivity contribution >= 4 is 17.1 Å². The Labute approximate surface area is 171 Å². The average Bonchev–Trinajstić information content (AvgIpc) is 2.74. The van der Waals surface area contributed by atoms with Gasteiger partial charge in [-0.1, -0.05) is 87.1 Å². The van der Waals surface area contributed by atoms with Crippen molar-refractivity contribution in [2.45, 2.75) is 58.8 Å². The molecule has 0 saturated heterocycles. The SMILES string of the molecule is CCCCCCCCc1ccc(N(c2ccccc2)c2ccc(C)cc2)cc1. The number of hydrogen-bond donors (Lipinski definition) is 0. The third-order valence-corrected chi connectivity index (χ3v) is 5.32. The average molecular weight is 372 g/mol. The summed E-state index contributed by atoms with van der Waals surface area (Å²) in [5.41, 5.74) is 6.32. The molecule has 3 aromatic rings. The molecule has 0 aliphatic rings. The molecule has 1 nitrogen and oxygen atoms in total. The highest BCUT2D eigenvalue weighted by molar-refractivity contribution is 5.76. The van der Waals surface area contributed by atoms with Crippen molar-refractivity contribution in [2.24, 2.45) is 0 Å². The van der Waals surface area contributed by atoms with Gasteiger partial charge in [0, 0.05) is 17.1 Å². The fourth-order valence-electron chi connectivity index (χ4n) is 3.64. The van der Waals surface area contributed by atoms with Gasteiger partial charge in [-0.25, -0.2) is 0 Å². The van der Waals surface area contributed by atoms with Gasteiger partial charge >= 0.3 is 0 Å². The maximum Gasteiger partial charge on any atom is 0.0461 e. The summed E-state index contributed by atoms with van der Waals surface area (Å²) in [5.74, 6) is 0. The lowest BCUT2D eigenvalue weighted by Gasteiger charge is -2.25. The molecule has 28 heavy (non-hydrogen) atoms. The van der Waals surface area contributed by atoms with Gasteiger partial charge in [0.1, 0.15) is 0 Å². The molecule has 0 amide bonds. The van der Waals surface area contributed by atoms with Crippen LogP contribution in [-0.4, -0.2) is 0 Å². The number of rotatable bonds is 10. The van der Waals surface area contributed by atoms with Gasteiger partial charge in [-0.2, -0.15) is 0 Å². The van der Waals surface area contributed by atoms with Crippen molar-refractivity contribution in [1.29, 1.82) is 0 Å². The second-order valence-corrected chi connectivity index (χ2v) is 7.69. The molecule has 0 aromatic heterocycles. The Hall–Kier alpha value is -2.54. The fourth-order valence-corrected chi connectivity index (χ4v) is 3.64. The van der Waals surface area contributed by atoms with Crippen LogP contribution in [-0.2, 0) is 6.42 Å². The van der Waals surface area contributed by atoms with Crippen molar-refractivity contribution in [3.05, 3.63) is 90.0 Å². The van der Waals surface area contributed by atoms with Crippen LogP contribution in [0.2, 0.25) is 0 Å². The van der Waals surface area contributed by atoms with Gasteiger partial charge in [-0.3, -0.25) is 0 Å². The summed E-state index contributed by atoms with van der Waals surface area (Å²) in [4.78, 5) is 2.33. The van der Waals surface area contributed by atoms with Crippen LogP contribution in [0.25, 0.3) is 0 Å². The van der Waals surface area contributed by atoms with E-state index in [2.05, 4.69) is 97.6 Å². The molecule has 0 saturated carbocycles. The molecular weight excluding hydrogens is 338 g/mol. The minimum Gasteiger partial charge on any atom is -0.311 e. The summed E-state index contributed by atoms with van der Waals surface area (Å²) >= 11 is 0. The van der Waals surface area contributed by atoms with Gasteiger partial charge in [0.25, 0.3) is 0 Å². The number of anilines is 3. The maximum absolute atomic E-state index is 2.33. The van der Waals surface area contributed by atoms with Gasteiger partial charge in [0.2, 0.25) is 0 Å². The molecule has 0 unspecified atom stereocenters. The number of benzene rings is 3. The topological polar surface area (TPSA) is 3.24 Å². The zero-order valence-corrected chi connectivity index (χ0v) is 17.4. The lowest BCUT2D eigenvalue weighted by Crippen LogP contribution is -2.09. The predicted octanol–water partition coefficient (Wildman–Crippen LogP) is 8.37. The van der Waals surface area contributed by atoms with Crippen molar-refractivity contribution in [3.8, 4) is 0 Å². The molecule has 3 rings (SSSR count). The number of hydrogen-bond acceptors (Lipinski definition) is 1.